The third-order valence-electron chi connectivity index (χ3n) is 1.09. The zero-order valence-corrected chi connectivity index (χ0v) is 5.73. The molecule has 8 heavy (non-hydrogen) atoms. The summed E-state index contributed by atoms with van der Waals surface area (Å²) in [6.07, 6.45) is 0. The number of hydrogen-bond acceptors (Lipinski definition) is 3. The van der Waals surface area contributed by atoms with Crippen molar-refractivity contribution in [2.75, 3.05) is 12.9 Å². The molecule has 0 amide bonds. The van der Waals surface area contributed by atoms with Crippen LogP contribution < -0.4 is 0 Å². The summed E-state index contributed by atoms with van der Waals surface area (Å²) in [5, 5.41) is 0. The van der Waals surface area contributed by atoms with Crippen molar-refractivity contribution >= 4 is 17.2 Å². The maximum atomic E-state index is 10.5. The second-order valence-electron chi connectivity index (χ2n) is 1.79. The minimum Gasteiger partial charge on any atom is -0.590 e. The monoisotopic (exact) mass is 132 g/mol. The van der Waals surface area contributed by atoms with E-state index in [0.717, 1.165) is 5.84 Å². The van der Waals surface area contributed by atoms with Gasteiger partial charge < -0.3 is 9.45 Å². The normalized spacial score (nSPS) is 28.6. The summed E-state index contributed by atoms with van der Waals surface area (Å²) in [6.45, 7) is 1.85. The van der Waals surface area contributed by atoms with E-state index in [-0.39, 0.29) is 0 Å². The highest BCUT2D eigenvalue weighted by atomic mass is 32.2. The highest BCUT2D eigenvalue weighted by Crippen LogP contribution is 2.06. The number of hydrogen-bond donors (Lipinski definition) is 0. The van der Waals surface area contributed by atoms with Crippen molar-refractivity contribution in [3.63, 3.8) is 0 Å². The van der Waals surface area contributed by atoms with Gasteiger partial charge in [0.2, 0.25) is 5.88 Å². The quantitative estimate of drug-likeness (QED) is 0.434. The lowest BCUT2D eigenvalue weighted by Crippen LogP contribution is -2.20. The molecule has 1 heterocycles. The minimum atomic E-state index is -0.969. The van der Waals surface area contributed by atoms with Gasteiger partial charge in [0.25, 0.3) is 0 Å². The van der Waals surface area contributed by atoms with Gasteiger partial charge in [-0.25, -0.2) is 0 Å². The van der Waals surface area contributed by atoms with E-state index in [2.05, 4.69) is 4.40 Å². The van der Waals surface area contributed by atoms with Crippen molar-refractivity contribution in [3.05, 3.63) is 0 Å². The van der Waals surface area contributed by atoms with E-state index < -0.39 is 11.4 Å². The SMILES string of the molecule is CC1=N[S+]([O-])CN1C. The second kappa shape index (κ2) is 1.95. The molecule has 0 bridgehead atoms. The van der Waals surface area contributed by atoms with Crippen LogP contribution in [0.15, 0.2) is 4.40 Å². The van der Waals surface area contributed by atoms with Gasteiger partial charge in [0.15, 0.2) is 5.84 Å². The zero-order valence-electron chi connectivity index (χ0n) is 4.92. The lowest BCUT2D eigenvalue weighted by Gasteiger charge is -2.03. The third-order valence-corrected chi connectivity index (χ3v) is 2.17. The molecule has 0 spiro atoms. The van der Waals surface area contributed by atoms with Crippen LogP contribution in [0.2, 0.25) is 0 Å². The predicted octanol–water partition coefficient (Wildman–Crippen LogP) is -0.0286. The van der Waals surface area contributed by atoms with E-state index in [1.54, 1.807) is 0 Å². The van der Waals surface area contributed by atoms with Crippen molar-refractivity contribution in [2.45, 2.75) is 6.92 Å². The van der Waals surface area contributed by atoms with E-state index in [0.29, 0.717) is 5.88 Å². The summed E-state index contributed by atoms with van der Waals surface area (Å²) in [5.74, 6) is 1.43. The summed E-state index contributed by atoms with van der Waals surface area (Å²) < 4.78 is 14.3. The van der Waals surface area contributed by atoms with Crippen molar-refractivity contribution in [3.8, 4) is 0 Å². The fraction of sp³-hybridized carbons (Fsp3) is 0.750. The molecule has 1 aliphatic rings. The van der Waals surface area contributed by atoms with Crippen LogP contribution in [0, 0.1) is 0 Å². The Morgan fingerprint density at radius 3 is 2.62 bits per heavy atom. The smallest absolute Gasteiger partial charge is 0.207 e. The van der Waals surface area contributed by atoms with Gasteiger partial charge in [0.1, 0.15) is 11.4 Å². The first-order valence-electron chi connectivity index (χ1n) is 2.35. The fourth-order valence-corrected chi connectivity index (χ4v) is 1.51. The standard InChI is InChI=1S/C4H8N2OS/c1-4-5-8(7)3-6(4)2/h3H2,1-2H3. The molecule has 1 aliphatic heterocycles. The van der Waals surface area contributed by atoms with Crippen LogP contribution in [0.4, 0.5) is 0 Å². The molecular formula is C4H8N2OS. The van der Waals surface area contributed by atoms with Crippen molar-refractivity contribution < 1.29 is 4.55 Å². The molecule has 0 N–H and O–H groups in total. The summed E-state index contributed by atoms with van der Waals surface area (Å²) in [6, 6.07) is 0. The van der Waals surface area contributed by atoms with Crippen LogP contribution in [0.3, 0.4) is 0 Å². The zero-order chi connectivity index (χ0) is 6.15. The Hall–Kier alpha value is -0.220. The Bertz CT molecular complexity index is 125. The van der Waals surface area contributed by atoms with E-state index in [1.165, 1.54) is 0 Å². The third kappa shape index (κ3) is 0.952. The van der Waals surface area contributed by atoms with Crippen LogP contribution in [-0.4, -0.2) is 28.2 Å². The topological polar surface area (TPSA) is 38.7 Å². The van der Waals surface area contributed by atoms with E-state index >= 15 is 0 Å². The van der Waals surface area contributed by atoms with Gasteiger partial charge in [0.05, 0.1) is 0 Å². The van der Waals surface area contributed by atoms with Gasteiger partial charge in [-0.05, 0) is 11.3 Å². The Labute approximate surface area is 51.7 Å². The molecule has 0 radical (unpaired) electrons. The average Bonchev–Trinajstić information content (AvgIpc) is 1.85. The van der Waals surface area contributed by atoms with Gasteiger partial charge in [-0.15, -0.1) is 0 Å². The molecule has 46 valence electrons. The Kier molecular flexibility index (Phi) is 1.44. The van der Waals surface area contributed by atoms with E-state index in [9.17, 15) is 4.55 Å². The summed E-state index contributed by atoms with van der Waals surface area (Å²) in [7, 11) is 1.88. The molecule has 4 heteroatoms. The van der Waals surface area contributed by atoms with Crippen LogP contribution >= 0.6 is 0 Å². The first-order valence-corrected chi connectivity index (χ1v) is 3.62. The largest absolute Gasteiger partial charge is 0.590 e. The average molecular weight is 132 g/mol. The molecule has 1 atom stereocenters. The molecular weight excluding hydrogens is 124 g/mol. The van der Waals surface area contributed by atoms with Gasteiger partial charge >= 0.3 is 0 Å². The lowest BCUT2D eigenvalue weighted by atomic mass is 10.6. The summed E-state index contributed by atoms with van der Waals surface area (Å²) in [5.41, 5.74) is 0. The lowest BCUT2D eigenvalue weighted by molar-refractivity contribution is 0.557. The molecule has 0 saturated heterocycles. The minimum absolute atomic E-state index is 0.561. The number of rotatable bonds is 0. The van der Waals surface area contributed by atoms with Gasteiger partial charge in [0, 0.05) is 7.05 Å². The molecule has 1 rings (SSSR count). The molecule has 0 aromatic rings. The Morgan fingerprint density at radius 2 is 2.50 bits per heavy atom. The van der Waals surface area contributed by atoms with Gasteiger partial charge in [-0.1, -0.05) is 0 Å². The first-order chi connectivity index (χ1) is 3.70. The van der Waals surface area contributed by atoms with Crippen molar-refractivity contribution in [1.82, 2.24) is 4.90 Å². The molecule has 0 fully saturated rings. The van der Waals surface area contributed by atoms with Crippen molar-refractivity contribution in [1.29, 1.82) is 0 Å². The summed E-state index contributed by atoms with van der Waals surface area (Å²) >= 11 is -0.969. The molecule has 0 aromatic heterocycles. The Morgan fingerprint density at radius 1 is 1.88 bits per heavy atom. The highest BCUT2D eigenvalue weighted by molar-refractivity contribution is 7.90. The van der Waals surface area contributed by atoms with Crippen LogP contribution in [0.1, 0.15) is 6.92 Å². The van der Waals surface area contributed by atoms with E-state index in [1.807, 2.05) is 18.9 Å². The van der Waals surface area contributed by atoms with Crippen LogP contribution in [0.5, 0.6) is 0 Å². The van der Waals surface area contributed by atoms with Gasteiger partial charge in [-0.3, -0.25) is 0 Å². The second-order valence-corrected chi connectivity index (χ2v) is 2.87. The maximum absolute atomic E-state index is 10.5. The predicted molar refractivity (Wildman–Crippen MR) is 33.9 cm³/mol. The number of nitrogens with zero attached hydrogens (tertiary/aromatic N) is 2. The maximum Gasteiger partial charge on any atom is 0.207 e. The number of amidine groups is 1. The molecule has 0 saturated carbocycles. The fourth-order valence-electron chi connectivity index (χ4n) is 0.505. The Balaban J connectivity index is 2.59. The van der Waals surface area contributed by atoms with Crippen LogP contribution in [0.25, 0.3) is 0 Å². The highest BCUT2D eigenvalue weighted by Gasteiger charge is 2.19. The molecule has 0 aliphatic carbocycles. The van der Waals surface area contributed by atoms with Crippen molar-refractivity contribution in [2.24, 2.45) is 4.40 Å². The first kappa shape index (κ1) is 5.91. The summed E-state index contributed by atoms with van der Waals surface area (Å²) in [4.78, 5) is 1.87. The molecule has 1 unspecified atom stereocenters. The molecule has 0 aromatic carbocycles. The van der Waals surface area contributed by atoms with E-state index in [4.69, 9.17) is 0 Å². The van der Waals surface area contributed by atoms with Gasteiger partial charge in [-0.2, -0.15) is 0 Å². The molecule has 3 nitrogen and oxygen atoms in total. The van der Waals surface area contributed by atoms with Crippen LogP contribution in [-0.2, 0) is 11.4 Å².